The van der Waals surface area contributed by atoms with Crippen LogP contribution in [-0.4, -0.2) is 43.7 Å². The van der Waals surface area contributed by atoms with Gasteiger partial charge in [0.2, 0.25) is 0 Å². The molecule has 0 bridgehead atoms. The predicted molar refractivity (Wildman–Crippen MR) is 51.4 cm³/mol. The summed E-state index contributed by atoms with van der Waals surface area (Å²) in [5.74, 6) is 0.119. The number of sulfone groups is 1. The molecular weight excluding hydrogens is 190 g/mol. The van der Waals surface area contributed by atoms with E-state index in [1.54, 1.807) is 6.92 Å². The third kappa shape index (κ3) is 1.87. The normalized spacial score (nSPS) is 22.9. The molecule has 4 nitrogen and oxygen atoms in total. The summed E-state index contributed by atoms with van der Waals surface area (Å²) < 4.78 is 22.6. The Kier molecular flexibility index (Phi) is 3.32. The smallest absolute Gasteiger partial charge is 0.158 e. The molecule has 0 atom stereocenters. The predicted octanol–water partition coefficient (Wildman–Crippen LogP) is -0.464. The van der Waals surface area contributed by atoms with Crippen LogP contribution in [0.3, 0.4) is 0 Å². The molecule has 0 radical (unpaired) electrons. The summed E-state index contributed by atoms with van der Waals surface area (Å²) in [6.45, 7) is 2.75. The lowest BCUT2D eigenvalue weighted by molar-refractivity contribution is 0.211. The van der Waals surface area contributed by atoms with E-state index < -0.39 is 14.6 Å². The molecule has 0 spiro atoms. The minimum Gasteiger partial charge on any atom is -0.395 e. The van der Waals surface area contributed by atoms with Gasteiger partial charge in [-0.2, -0.15) is 0 Å². The summed E-state index contributed by atoms with van der Waals surface area (Å²) in [6.07, 6.45) is 1.05. The van der Waals surface area contributed by atoms with Gasteiger partial charge in [0.15, 0.2) is 9.84 Å². The van der Waals surface area contributed by atoms with Gasteiger partial charge in [0.25, 0.3) is 0 Å². The maximum atomic E-state index is 11.7. The fraction of sp³-hybridized carbons (Fsp3) is 1.00. The number of hydrogen-bond donors (Lipinski definition) is 2. The molecule has 2 N–H and O–H groups in total. The molecule has 1 aliphatic rings. The van der Waals surface area contributed by atoms with Gasteiger partial charge < -0.3 is 10.4 Å². The lowest BCUT2D eigenvalue weighted by Crippen LogP contribution is -2.50. The Morgan fingerprint density at radius 3 is 2.31 bits per heavy atom. The second-order valence-corrected chi connectivity index (χ2v) is 6.17. The highest BCUT2D eigenvalue weighted by Crippen LogP contribution is 2.28. The first-order chi connectivity index (χ1) is 6.08. The Morgan fingerprint density at radius 2 is 1.92 bits per heavy atom. The molecule has 1 saturated heterocycles. The van der Waals surface area contributed by atoms with E-state index in [0.29, 0.717) is 25.9 Å². The van der Waals surface area contributed by atoms with E-state index in [1.165, 1.54) is 0 Å². The molecule has 1 fully saturated rings. The molecular formula is C8H17NO3S. The molecule has 1 heterocycles. The van der Waals surface area contributed by atoms with Crippen LogP contribution in [-0.2, 0) is 9.84 Å². The maximum Gasteiger partial charge on any atom is 0.158 e. The van der Waals surface area contributed by atoms with Crippen LogP contribution in [0.2, 0.25) is 0 Å². The van der Waals surface area contributed by atoms with Gasteiger partial charge in [0.1, 0.15) is 0 Å². The molecule has 1 rings (SSSR count). The van der Waals surface area contributed by atoms with Crippen LogP contribution in [0.4, 0.5) is 0 Å². The average Bonchev–Trinajstić information content (AvgIpc) is 2.18. The zero-order valence-corrected chi connectivity index (χ0v) is 8.73. The van der Waals surface area contributed by atoms with Crippen molar-refractivity contribution >= 4 is 9.84 Å². The van der Waals surface area contributed by atoms with Gasteiger partial charge in [0.05, 0.1) is 11.4 Å². The number of aliphatic hydroxyl groups excluding tert-OH is 1. The highest BCUT2D eigenvalue weighted by atomic mass is 32.2. The molecule has 13 heavy (non-hydrogen) atoms. The lowest BCUT2D eigenvalue weighted by atomic mass is 9.98. The van der Waals surface area contributed by atoms with Gasteiger partial charge in [-0.1, -0.05) is 6.92 Å². The summed E-state index contributed by atoms with van der Waals surface area (Å²) in [7, 11) is -3.12. The van der Waals surface area contributed by atoms with Crippen molar-refractivity contribution in [2.45, 2.75) is 24.5 Å². The van der Waals surface area contributed by atoms with Crippen LogP contribution < -0.4 is 5.32 Å². The summed E-state index contributed by atoms with van der Waals surface area (Å²) in [5, 5.41) is 12.3. The van der Waals surface area contributed by atoms with Gasteiger partial charge in [-0.25, -0.2) is 8.42 Å². The Morgan fingerprint density at radius 1 is 1.38 bits per heavy atom. The molecule has 78 valence electrons. The molecule has 0 aromatic heterocycles. The van der Waals surface area contributed by atoms with Crippen molar-refractivity contribution in [2.75, 3.05) is 25.4 Å². The highest BCUT2D eigenvalue weighted by Gasteiger charge is 2.42. The molecule has 0 aromatic rings. The van der Waals surface area contributed by atoms with E-state index in [1.807, 2.05) is 0 Å². The van der Waals surface area contributed by atoms with Gasteiger partial charge in [-0.3, -0.25) is 0 Å². The Hall–Kier alpha value is -0.130. The largest absolute Gasteiger partial charge is 0.395 e. The molecule has 5 heteroatoms. The lowest BCUT2D eigenvalue weighted by Gasteiger charge is -2.34. The summed E-state index contributed by atoms with van der Waals surface area (Å²) in [5.41, 5.74) is 0. The minimum absolute atomic E-state index is 0.119. The zero-order chi connectivity index (χ0) is 9.95. The summed E-state index contributed by atoms with van der Waals surface area (Å²) >= 11 is 0. The molecule has 0 aromatic carbocycles. The van der Waals surface area contributed by atoms with Crippen molar-refractivity contribution < 1.29 is 13.5 Å². The van der Waals surface area contributed by atoms with Crippen LogP contribution in [0.15, 0.2) is 0 Å². The van der Waals surface area contributed by atoms with Gasteiger partial charge >= 0.3 is 0 Å². The molecule has 0 aliphatic carbocycles. The number of hydrogen-bond acceptors (Lipinski definition) is 4. The number of rotatable bonds is 3. The quantitative estimate of drug-likeness (QED) is 0.657. The summed E-state index contributed by atoms with van der Waals surface area (Å²) in [6, 6.07) is 0. The van der Waals surface area contributed by atoms with Crippen molar-refractivity contribution in [3.05, 3.63) is 0 Å². The summed E-state index contributed by atoms with van der Waals surface area (Å²) in [4.78, 5) is 0. The zero-order valence-electron chi connectivity index (χ0n) is 7.91. The molecule has 0 saturated carbocycles. The number of piperidine rings is 1. The average molecular weight is 207 g/mol. The van der Waals surface area contributed by atoms with Gasteiger partial charge in [-0.15, -0.1) is 0 Å². The molecule has 0 unspecified atom stereocenters. The second kappa shape index (κ2) is 3.94. The van der Waals surface area contributed by atoms with E-state index in [4.69, 9.17) is 0 Å². The van der Waals surface area contributed by atoms with Crippen LogP contribution in [0, 0.1) is 0 Å². The first-order valence-corrected chi connectivity index (χ1v) is 6.27. The van der Waals surface area contributed by atoms with E-state index in [2.05, 4.69) is 5.32 Å². The van der Waals surface area contributed by atoms with Crippen molar-refractivity contribution in [2.24, 2.45) is 0 Å². The molecule has 1 aliphatic heterocycles. The highest BCUT2D eigenvalue weighted by molar-refractivity contribution is 7.92. The Balaban J connectivity index is 2.91. The number of nitrogens with one attached hydrogen (secondary N) is 1. The van der Waals surface area contributed by atoms with Crippen LogP contribution in [0.25, 0.3) is 0 Å². The standard InChI is InChI=1S/C8H17NO3S/c1-2-13(11,12)8(7-10)3-5-9-6-4-8/h9-10H,2-7H2,1H3. The topological polar surface area (TPSA) is 66.4 Å². The SMILES string of the molecule is CCS(=O)(=O)C1(CO)CCNCC1. The first kappa shape index (κ1) is 10.9. The van der Waals surface area contributed by atoms with Crippen LogP contribution >= 0.6 is 0 Å². The Bertz CT molecular complexity index is 255. The van der Waals surface area contributed by atoms with Crippen molar-refractivity contribution in [3.63, 3.8) is 0 Å². The van der Waals surface area contributed by atoms with Crippen LogP contribution in [0.5, 0.6) is 0 Å². The second-order valence-electron chi connectivity index (χ2n) is 3.49. The third-order valence-corrected chi connectivity index (χ3v) is 5.46. The monoisotopic (exact) mass is 207 g/mol. The van der Waals surface area contributed by atoms with Gasteiger partial charge in [0, 0.05) is 5.75 Å². The van der Waals surface area contributed by atoms with Crippen molar-refractivity contribution in [1.29, 1.82) is 0 Å². The van der Waals surface area contributed by atoms with Crippen LogP contribution in [0.1, 0.15) is 19.8 Å². The fourth-order valence-electron chi connectivity index (χ4n) is 1.76. The Labute approximate surface area is 79.3 Å². The first-order valence-electron chi connectivity index (χ1n) is 4.62. The van der Waals surface area contributed by atoms with Crippen molar-refractivity contribution in [3.8, 4) is 0 Å². The van der Waals surface area contributed by atoms with Crippen molar-refractivity contribution in [1.82, 2.24) is 5.32 Å². The van der Waals surface area contributed by atoms with E-state index in [9.17, 15) is 13.5 Å². The van der Waals surface area contributed by atoms with E-state index >= 15 is 0 Å². The van der Waals surface area contributed by atoms with E-state index in [-0.39, 0.29) is 12.4 Å². The fourth-order valence-corrected chi connectivity index (χ4v) is 3.39. The van der Waals surface area contributed by atoms with E-state index in [0.717, 1.165) is 0 Å². The molecule has 0 amide bonds. The minimum atomic E-state index is -3.12. The van der Waals surface area contributed by atoms with Gasteiger partial charge in [-0.05, 0) is 25.9 Å². The number of aliphatic hydroxyl groups is 1. The maximum absolute atomic E-state index is 11.7. The third-order valence-electron chi connectivity index (χ3n) is 2.84.